The smallest absolute Gasteiger partial charge is 0.0701 e. The van der Waals surface area contributed by atoms with E-state index in [1.165, 1.54) is 22.3 Å². The van der Waals surface area contributed by atoms with Crippen LogP contribution in [0.3, 0.4) is 0 Å². The Hall–Kier alpha value is -1.14. The van der Waals surface area contributed by atoms with Crippen molar-refractivity contribution in [1.29, 1.82) is 0 Å². The van der Waals surface area contributed by atoms with E-state index in [-0.39, 0.29) is 0 Å². The Morgan fingerprint density at radius 3 is 2.47 bits per heavy atom. The molecule has 2 aromatic carbocycles. The number of fused-ring (bicyclic) bond motifs is 1. The van der Waals surface area contributed by atoms with E-state index < -0.39 is 0 Å². The maximum absolute atomic E-state index is 6.48. The van der Waals surface area contributed by atoms with E-state index in [0.717, 1.165) is 44.0 Å². The second-order valence-corrected chi connectivity index (χ2v) is 8.76. The number of ether oxygens (including phenoxy) is 2. The molecule has 1 heterocycles. The number of rotatable bonds is 11. The molecular weight excluding hydrogens is 419 g/mol. The summed E-state index contributed by atoms with van der Waals surface area (Å²) in [6.07, 6.45) is 3.23. The number of hydrogen-bond acceptors (Lipinski definition) is 4. The molecule has 3 rings (SSSR count). The molecule has 4 nitrogen and oxygen atoms in total. The van der Waals surface area contributed by atoms with Crippen LogP contribution < -0.4 is 5.73 Å². The first-order chi connectivity index (χ1) is 14.6. The van der Waals surface area contributed by atoms with Crippen LogP contribution in [0, 0.1) is 0 Å². The standard InChI is InChI=1S/C24H32Cl2N2O2/c1-28-16-22(21-14-20(25)15-24(26)23(21)17-28)19-7-5-18(6-8-19)4-2-3-10-29-12-13-30-11-9-27/h5-8,14-15,22H,2-4,9-13,16-17,27H2,1H3. The zero-order chi connectivity index (χ0) is 21.3. The molecule has 1 aliphatic heterocycles. The molecule has 0 saturated carbocycles. The predicted molar refractivity (Wildman–Crippen MR) is 125 cm³/mol. The summed E-state index contributed by atoms with van der Waals surface area (Å²) >= 11 is 12.8. The lowest BCUT2D eigenvalue weighted by Gasteiger charge is -2.33. The Morgan fingerprint density at radius 2 is 1.73 bits per heavy atom. The van der Waals surface area contributed by atoms with Gasteiger partial charge in [0.15, 0.2) is 0 Å². The quantitative estimate of drug-likeness (QED) is 0.495. The van der Waals surface area contributed by atoms with Crippen LogP contribution >= 0.6 is 23.2 Å². The summed E-state index contributed by atoms with van der Waals surface area (Å²) in [6.45, 7) is 5.02. The molecule has 2 N–H and O–H groups in total. The Kier molecular flexibility index (Phi) is 9.44. The molecule has 2 aromatic rings. The van der Waals surface area contributed by atoms with Crippen LogP contribution in [0.25, 0.3) is 0 Å². The van der Waals surface area contributed by atoms with Crippen molar-refractivity contribution in [2.45, 2.75) is 31.7 Å². The molecule has 0 amide bonds. The van der Waals surface area contributed by atoms with E-state index in [4.69, 9.17) is 38.4 Å². The SMILES string of the molecule is CN1Cc2c(Cl)cc(Cl)cc2C(c2ccc(CCCCOCCOCCN)cc2)C1. The van der Waals surface area contributed by atoms with Crippen LogP contribution in [-0.4, -0.2) is 51.5 Å². The minimum absolute atomic E-state index is 0.291. The molecular formula is C24H32Cl2N2O2. The van der Waals surface area contributed by atoms with Gasteiger partial charge in [-0.05, 0) is 60.7 Å². The van der Waals surface area contributed by atoms with Gasteiger partial charge in [0.1, 0.15) is 0 Å². The number of unbranched alkanes of at least 4 members (excludes halogenated alkanes) is 1. The van der Waals surface area contributed by atoms with Crippen LogP contribution in [0.1, 0.15) is 41.0 Å². The van der Waals surface area contributed by atoms with Crippen molar-refractivity contribution in [2.24, 2.45) is 5.73 Å². The van der Waals surface area contributed by atoms with Crippen LogP contribution in [0.5, 0.6) is 0 Å². The normalized spacial score (nSPS) is 16.6. The summed E-state index contributed by atoms with van der Waals surface area (Å²) in [5.74, 6) is 0.291. The summed E-state index contributed by atoms with van der Waals surface area (Å²) < 4.78 is 10.9. The monoisotopic (exact) mass is 450 g/mol. The Balaban J connectivity index is 1.50. The Labute approximate surface area is 190 Å². The fourth-order valence-electron chi connectivity index (χ4n) is 3.99. The number of nitrogens with two attached hydrogens (primary N) is 1. The molecule has 30 heavy (non-hydrogen) atoms. The topological polar surface area (TPSA) is 47.7 Å². The number of aryl methyl sites for hydroxylation is 1. The molecule has 0 spiro atoms. The van der Waals surface area contributed by atoms with E-state index in [1.807, 2.05) is 6.07 Å². The molecule has 0 radical (unpaired) electrons. The highest BCUT2D eigenvalue weighted by molar-refractivity contribution is 6.35. The van der Waals surface area contributed by atoms with E-state index in [9.17, 15) is 0 Å². The maximum atomic E-state index is 6.48. The Bertz CT molecular complexity index is 799. The molecule has 0 saturated heterocycles. The number of benzene rings is 2. The summed E-state index contributed by atoms with van der Waals surface area (Å²) in [5.41, 5.74) is 10.5. The van der Waals surface area contributed by atoms with Crippen molar-refractivity contribution in [3.05, 3.63) is 68.7 Å². The van der Waals surface area contributed by atoms with Gasteiger partial charge in [-0.1, -0.05) is 47.5 Å². The van der Waals surface area contributed by atoms with Crippen molar-refractivity contribution < 1.29 is 9.47 Å². The van der Waals surface area contributed by atoms with Crippen LogP contribution in [0.2, 0.25) is 10.0 Å². The molecule has 6 heteroatoms. The summed E-state index contributed by atoms with van der Waals surface area (Å²) in [6, 6.07) is 12.9. The lowest BCUT2D eigenvalue weighted by atomic mass is 9.84. The third-order valence-electron chi connectivity index (χ3n) is 5.51. The largest absolute Gasteiger partial charge is 0.379 e. The van der Waals surface area contributed by atoms with Crippen LogP contribution in [0.15, 0.2) is 36.4 Å². The second-order valence-electron chi connectivity index (χ2n) is 7.92. The Morgan fingerprint density at radius 1 is 1.00 bits per heavy atom. The molecule has 1 atom stereocenters. The van der Waals surface area contributed by atoms with Gasteiger partial charge in [0.25, 0.3) is 0 Å². The number of halogens is 2. The van der Waals surface area contributed by atoms with Gasteiger partial charge < -0.3 is 20.1 Å². The van der Waals surface area contributed by atoms with Gasteiger partial charge in [-0.15, -0.1) is 0 Å². The first-order valence-electron chi connectivity index (χ1n) is 10.7. The highest BCUT2D eigenvalue weighted by atomic mass is 35.5. The molecule has 0 bridgehead atoms. The average molecular weight is 451 g/mol. The first kappa shape index (κ1) is 23.5. The van der Waals surface area contributed by atoms with Gasteiger partial charge >= 0.3 is 0 Å². The summed E-state index contributed by atoms with van der Waals surface area (Å²) in [7, 11) is 2.14. The van der Waals surface area contributed by atoms with Crippen LogP contribution in [0.4, 0.5) is 0 Å². The van der Waals surface area contributed by atoms with Gasteiger partial charge in [-0.25, -0.2) is 0 Å². The van der Waals surface area contributed by atoms with E-state index >= 15 is 0 Å². The zero-order valence-electron chi connectivity index (χ0n) is 17.7. The van der Waals surface area contributed by atoms with Gasteiger partial charge in [-0.2, -0.15) is 0 Å². The highest BCUT2D eigenvalue weighted by Gasteiger charge is 2.26. The summed E-state index contributed by atoms with van der Waals surface area (Å²) in [5, 5.41) is 1.47. The molecule has 1 aliphatic rings. The lowest BCUT2D eigenvalue weighted by Crippen LogP contribution is -2.31. The zero-order valence-corrected chi connectivity index (χ0v) is 19.2. The van der Waals surface area contributed by atoms with E-state index in [0.29, 0.717) is 37.3 Å². The van der Waals surface area contributed by atoms with Crippen LogP contribution in [-0.2, 0) is 22.4 Å². The number of hydrogen-bond donors (Lipinski definition) is 1. The highest BCUT2D eigenvalue weighted by Crippen LogP contribution is 2.38. The second kappa shape index (κ2) is 12.0. The first-order valence-corrected chi connectivity index (χ1v) is 11.4. The van der Waals surface area contributed by atoms with Gasteiger partial charge in [0.2, 0.25) is 0 Å². The fraction of sp³-hybridized carbons (Fsp3) is 0.500. The van der Waals surface area contributed by atoms with Crippen molar-refractivity contribution in [3.63, 3.8) is 0 Å². The van der Waals surface area contributed by atoms with Crippen molar-refractivity contribution in [1.82, 2.24) is 4.90 Å². The molecule has 164 valence electrons. The summed E-state index contributed by atoms with van der Waals surface area (Å²) in [4.78, 5) is 2.32. The van der Waals surface area contributed by atoms with Crippen molar-refractivity contribution in [3.8, 4) is 0 Å². The third kappa shape index (κ3) is 6.68. The molecule has 0 aliphatic carbocycles. The minimum atomic E-state index is 0.291. The molecule has 0 fully saturated rings. The molecule has 1 unspecified atom stereocenters. The average Bonchev–Trinajstić information content (AvgIpc) is 2.73. The van der Waals surface area contributed by atoms with Gasteiger partial charge in [0.05, 0.1) is 19.8 Å². The van der Waals surface area contributed by atoms with E-state index in [2.05, 4.69) is 42.3 Å². The lowest BCUT2D eigenvalue weighted by molar-refractivity contribution is 0.0494. The number of nitrogens with zero attached hydrogens (tertiary/aromatic N) is 1. The third-order valence-corrected chi connectivity index (χ3v) is 6.07. The maximum Gasteiger partial charge on any atom is 0.0701 e. The van der Waals surface area contributed by atoms with Gasteiger partial charge in [0, 0.05) is 42.2 Å². The van der Waals surface area contributed by atoms with E-state index in [1.54, 1.807) is 0 Å². The fourth-order valence-corrected chi connectivity index (χ4v) is 4.55. The molecule has 0 aromatic heterocycles. The minimum Gasteiger partial charge on any atom is -0.379 e. The van der Waals surface area contributed by atoms with Crippen molar-refractivity contribution in [2.75, 3.05) is 46.6 Å². The predicted octanol–water partition coefficient (Wildman–Crippen LogP) is 4.89. The van der Waals surface area contributed by atoms with Crippen molar-refractivity contribution >= 4 is 23.2 Å². The van der Waals surface area contributed by atoms with Gasteiger partial charge in [-0.3, -0.25) is 0 Å². The number of likely N-dealkylation sites (N-methyl/N-ethyl adjacent to an activating group) is 1.